The molecular weight excluding hydrogens is 242 g/mol. The first-order valence-electron chi connectivity index (χ1n) is 6.59. The molecule has 0 saturated heterocycles. The van der Waals surface area contributed by atoms with Crippen LogP contribution in [-0.4, -0.2) is 22.3 Å². The van der Waals surface area contributed by atoms with E-state index in [1.54, 1.807) is 6.26 Å². The number of benzene rings is 1. The van der Waals surface area contributed by atoms with Gasteiger partial charge in [0.2, 0.25) is 0 Å². The highest BCUT2D eigenvalue weighted by atomic mass is 32.2. The molecule has 102 valence electrons. The minimum atomic E-state index is -0.741. The highest BCUT2D eigenvalue weighted by Gasteiger charge is 2.05. The first-order valence-corrected chi connectivity index (χ1v) is 8.22. The van der Waals surface area contributed by atoms with Gasteiger partial charge in [-0.15, -0.1) is 0 Å². The van der Waals surface area contributed by atoms with Crippen LogP contribution in [0.4, 0.5) is 0 Å². The van der Waals surface area contributed by atoms with E-state index in [1.807, 2.05) is 6.92 Å². The van der Waals surface area contributed by atoms with Crippen LogP contribution in [0, 0.1) is 5.92 Å². The molecule has 0 spiro atoms. The Hall–Kier alpha value is -0.670. The van der Waals surface area contributed by atoms with Crippen molar-refractivity contribution in [3.63, 3.8) is 0 Å². The van der Waals surface area contributed by atoms with Gasteiger partial charge in [0.25, 0.3) is 0 Å². The third kappa shape index (κ3) is 5.78. The average Bonchev–Trinajstić information content (AvgIpc) is 2.30. The summed E-state index contributed by atoms with van der Waals surface area (Å²) in [5, 5.41) is 3.56. The van der Waals surface area contributed by atoms with Gasteiger partial charge in [-0.25, -0.2) is 0 Å². The summed E-state index contributed by atoms with van der Waals surface area (Å²) in [5.41, 5.74) is 2.69. The molecule has 1 rings (SSSR count). The molecule has 1 N–H and O–H groups in total. The lowest BCUT2D eigenvalue weighted by Gasteiger charge is -2.10. The number of hydrogen-bond donors (Lipinski definition) is 1. The average molecular weight is 267 g/mol. The SMILES string of the molecule is CC(C)Cc1ccc(CNCC(C)S(C)=O)cc1. The lowest BCUT2D eigenvalue weighted by atomic mass is 10.0. The molecule has 2 nitrogen and oxygen atoms in total. The summed E-state index contributed by atoms with van der Waals surface area (Å²) in [7, 11) is -0.741. The normalized spacial score (nSPS) is 14.7. The van der Waals surface area contributed by atoms with Crippen LogP contribution in [0.25, 0.3) is 0 Å². The van der Waals surface area contributed by atoms with Crippen molar-refractivity contribution in [3.05, 3.63) is 35.4 Å². The highest BCUT2D eigenvalue weighted by Crippen LogP contribution is 2.09. The maximum absolute atomic E-state index is 11.2. The topological polar surface area (TPSA) is 29.1 Å². The lowest BCUT2D eigenvalue weighted by Crippen LogP contribution is -2.27. The van der Waals surface area contributed by atoms with Gasteiger partial charge < -0.3 is 5.32 Å². The van der Waals surface area contributed by atoms with Crippen molar-refractivity contribution in [2.45, 2.75) is 39.0 Å². The largest absolute Gasteiger partial charge is 0.311 e. The molecular formula is C15H25NOS. The minimum Gasteiger partial charge on any atom is -0.311 e. The van der Waals surface area contributed by atoms with Crippen molar-refractivity contribution in [1.29, 1.82) is 0 Å². The molecule has 2 unspecified atom stereocenters. The first kappa shape index (κ1) is 15.4. The van der Waals surface area contributed by atoms with E-state index >= 15 is 0 Å². The van der Waals surface area contributed by atoms with Gasteiger partial charge in [0.15, 0.2) is 0 Å². The Morgan fingerprint density at radius 2 is 1.67 bits per heavy atom. The Morgan fingerprint density at radius 3 is 2.17 bits per heavy atom. The Morgan fingerprint density at radius 1 is 1.11 bits per heavy atom. The van der Waals surface area contributed by atoms with Crippen LogP contribution >= 0.6 is 0 Å². The fourth-order valence-corrected chi connectivity index (χ4v) is 2.15. The van der Waals surface area contributed by atoms with E-state index < -0.39 is 10.8 Å². The Balaban J connectivity index is 2.37. The first-order chi connectivity index (χ1) is 8.49. The van der Waals surface area contributed by atoms with E-state index in [4.69, 9.17) is 0 Å². The summed E-state index contributed by atoms with van der Waals surface area (Å²) in [6, 6.07) is 8.77. The van der Waals surface area contributed by atoms with Crippen molar-refractivity contribution in [2.75, 3.05) is 12.8 Å². The minimum absolute atomic E-state index is 0.213. The van der Waals surface area contributed by atoms with Crippen LogP contribution in [-0.2, 0) is 23.8 Å². The molecule has 0 saturated carbocycles. The lowest BCUT2D eigenvalue weighted by molar-refractivity contribution is 0.643. The predicted molar refractivity (Wildman–Crippen MR) is 80.2 cm³/mol. The zero-order valence-corrected chi connectivity index (χ0v) is 12.7. The van der Waals surface area contributed by atoms with Crippen LogP contribution in [0.15, 0.2) is 24.3 Å². The van der Waals surface area contributed by atoms with E-state index in [1.165, 1.54) is 11.1 Å². The molecule has 1 aromatic rings. The maximum atomic E-state index is 11.2. The summed E-state index contributed by atoms with van der Waals surface area (Å²) < 4.78 is 11.2. The van der Waals surface area contributed by atoms with Crippen molar-refractivity contribution >= 4 is 10.8 Å². The standard InChI is InChI=1S/C15H25NOS/c1-12(2)9-14-5-7-15(8-6-14)11-16-10-13(3)18(4)17/h5-8,12-13,16H,9-11H2,1-4H3. The van der Waals surface area contributed by atoms with Gasteiger partial charge in [-0.2, -0.15) is 0 Å². The molecule has 0 fully saturated rings. The van der Waals surface area contributed by atoms with Crippen molar-refractivity contribution < 1.29 is 4.21 Å². The molecule has 2 atom stereocenters. The number of rotatable bonds is 7. The zero-order valence-electron chi connectivity index (χ0n) is 11.9. The van der Waals surface area contributed by atoms with Gasteiger partial charge in [0.05, 0.1) is 0 Å². The Bertz CT molecular complexity index is 373. The van der Waals surface area contributed by atoms with E-state index in [0.29, 0.717) is 5.92 Å². The summed E-state index contributed by atoms with van der Waals surface area (Å²) in [6.07, 6.45) is 2.90. The van der Waals surface area contributed by atoms with E-state index in [-0.39, 0.29) is 5.25 Å². The molecule has 3 heteroatoms. The molecule has 0 aliphatic heterocycles. The van der Waals surface area contributed by atoms with Crippen molar-refractivity contribution in [2.24, 2.45) is 5.92 Å². The molecule has 18 heavy (non-hydrogen) atoms. The van der Waals surface area contributed by atoms with E-state index in [9.17, 15) is 4.21 Å². The molecule has 0 amide bonds. The summed E-state index contributed by atoms with van der Waals surface area (Å²) in [4.78, 5) is 0. The van der Waals surface area contributed by atoms with Gasteiger partial charge in [0.1, 0.15) is 0 Å². The second kappa shape index (κ2) is 7.70. The fraction of sp³-hybridized carbons (Fsp3) is 0.600. The predicted octanol–water partition coefficient (Wildman–Crippen LogP) is 2.74. The number of nitrogens with one attached hydrogen (secondary N) is 1. The second-order valence-electron chi connectivity index (χ2n) is 5.35. The summed E-state index contributed by atoms with van der Waals surface area (Å²) >= 11 is 0. The van der Waals surface area contributed by atoms with Crippen molar-refractivity contribution in [1.82, 2.24) is 5.32 Å². The fourth-order valence-electron chi connectivity index (χ4n) is 1.80. The van der Waals surface area contributed by atoms with E-state index in [2.05, 4.69) is 43.4 Å². The highest BCUT2D eigenvalue weighted by molar-refractivity contribution is 7.84. The van der Waals surface area contributed by atoms with Crippen LogP contribution < -0.4 is 5.32 Å². The van der Waals surface area contributed by atoms with Gasteiger partial charge in [0, 0.05) is 35.4 Å². The summed E-state index contributed by atoms with van der Waals surface area (Å²) in [5.74, 6) is 0.703. The molecule has 0 aromatic heterocycles. The third-order valence-electron chi connectivity index (χ3n) is 2.99. The van der Waals surface area contributed by atoms with Crippen LogP contribution in [0.5, 0.6) is 0 Å². The van der Waals surface area contributed by atoms with Gasteiger partial charge in [-0.1, -0.05) is 38.1 Å². The van der Waals surface area contributed by atoms with E-state index in [0.717, 1.165) is 19.5 Å². The molecule has 1 aromatic carbocycles. The maximum Gasteiger partial charge on any atom is 0.0441 e. The molecule has 0 heterocycles. The zero-order chi connectivity index (χ0) is 13.5. The van der Waals surface area contributed by atoms with Crippen LogP contribution in [0.2, 0.25) is 0 Å². The molecule has 0 aliphatic rings. The van der Waals surface area contributed by atoms with Gasteiger partial charge in [-0.3, -0.25) is 4.21 Å². The monoisotopic (exact) mass is 267 g/mol. The van der Waals surface area contributed by atoms with Gasteiger partial charge >= 0.3 is 0 Å². The quantitative estimate of drug-likeness (QED) is 0.823. The smallest absolute Gasteiger partial charge is 0.0441 e. The molecule has 0 radical (unpaired) electrons. The number of hydrogen-bond acceptors (Lipinski definition) is 2. The molecule has 0 bridgehead atoms. The van der Waals surface area contributed by atoms with Gasteiger partial charge in [-0.05, 0) is 30.4 Å². The third-order valence-corrected chi connectivity index (χ3v) is 4.29. The Labute approximate surface area is 114 Å². The second-order valence-corrected chi connectivity index (χ2v) is 7.16. The Kier molecular flexibility index (Phi) is 6.58. The van der Waals surface area contributed by atoms with Crippen LogP contribution in [0.3, 0.4) is 0 Å². The van der Waals surface area contributed by atoms with Crippen molar-refractivity contribution in [3.8, 4) is 0 Å². The molecule has 0 aliphatic carbocycles. The van der Waals surface area contributed by atoms with Crippen LogP contribution in [0.1, 0.15) is 31.9 Å². The summed E-state index contributed by atoms with van der Waals surface area (Å²) in [6.45, 7) is 8.14.